The summed E-state index contributed by atoms with van der Waals surface area (Å²) in [5.41, 5.74) is -0.229. The number of anilines is 1. The van der Waals surface area contributed by atoms with E-state index in [0.717, 1.165) is 18.2 Å². The number of hydrogen-bond donors (Lipinski definition) is 2. The zero-order valence-electron chi connectivity index (χ0n) is 10.8. The monoisotopic (exact) mass is 306 g/mol. The van der Waals surface area contributed by atoms with E-state index in [4.69, 9.17) is 14.6 Å². The van der Waals surface area contributed by atoms with Crippen LogP contribution in [0.3, 0.4) is 0 Å². The van der Waals surface area contributed by atoms with Gasteiger partial charge in [-0.15, -0.1) is 0 Å². The normalized spacial score (nSPS) is 11.3. The molecule has 0 atom stereocenters. The van der Waals surface area contributed by atoms with Crippen LogP contribution in [0.4, 0.5) is 10.1 Å². The number of nitrogens with two attached hydrogens (primary N) is 1. The average Bonchev–Trinajstić information content (AvgIpc) is 2.33. The van der Waals surface area contributed by atoms with Crippen molar-refractivity contribution in [2.75, 3.05) is 32.2 Å². The Morgan fingerprint density at radius 2 is 2.10 bits per heavy atom. The Kier molecular flexibility index (Phi) is 6.02. The quantitative estimate of drug-likeness (QED) is 0.693. The molecule has 112 valence electrons. The summed E-state index contributed by atoms with van der Waals surface area (Å²) >= 11 is 0. The third-order valence-corrected chi connectivity index (χ3v) is 3.16. The van der Waals surface area contributed by atoms with Gasteiger partial charge in [-0.05, 0) is 18.2 Å². The van der Waals surface area contributed by atoms with Crippen molar-refractivity contribution in [2.45, 2.75) is 4.90 Å². The molecular weight excluding hydrogens is 291 g/mol. The Morgan fingerprint density at radius 3 is 2.70 bits per heavy atom. The molecule has 1 aromatic rings. The van der Waals surface area contributed by atoms with Gasteiger partial charge in [-0.3, -0.25) is 4.79 Å². The van der Waals surface area contributed by atoms with Crippen molar-refractivity contribution in [3.05, 3.63) is 24.0 Å². The number of hydrogen-bond acceptors (Lipinski definition) is 5. The second-order valence-corrected chi connectivity index (χ2v) is 5.31. The van der Waals surface area contributed by atoms with Gasteiger partial charge in [-0.2, -0.15) is 0 Å². The fourth-order valence-electron chi connectivity index (χ4n) is 1.34. The van der Waals surface area contributed by atoms with Crippen LogP contribution in [0.1, 0.15) is 0 Å². The average molecular weight is 306 g/mol. The van der Waals surface area contributed by atoms with Crippen LogP contribution >= 0.6 is 0 Å². The minimum atomic E-state index is -4.07. The van der Waals surface area contributed by atoms with E-state index in [1.165, 1.54) is 7.11 Å². The van der Waals surface area contributed by atoms with E-state index < -0.39 is 21.7 Å². The van der Waals surface area contributed by atoms with Crippen molar-refractivity contribution < 1.29 is 27.1 Å². The van der Waals surface area contributed by atoms with Crippen molar-refractivity contribution in [3.63, 3.8) is 0 Å². The highest BCUT2D eigenvalue weighted by atomic mass is 32.2. The number of sulfonamides is 1. The summed E-state index contributed by atoms with van der Waals surface area (Å²) in [7, 11) is -2.59. The minimum Gasteiger partial charge on any atom is -0.382 e. The first-order valence-corrected chi connectivity index (χ1v) is 7.08. The highest BCUT2D eigenvalue weighted by Crippen LogP contribution is 2.21. The molecule has 0 fully saturated rings. The number of rotatable bonds is 7. The lowest BCUT2D eigenvalue weighted by Crippen LogP contribution is -2.22. The molecule has 0 spiro atoms. The third kappa shape index (κ3) is 5.21. The molecule has 1 amide bonds. The third-order valence-electron chi connectivity index (χ3n) is 2.19. The summed E-state index contributed by atoms with van der Waals surface area (Å²) in [5, 5.41) is 7.20. The maximum atomic E-state index is 13.1. The van der Waals surface area contributed by atoms with Crippen molar-refractivity contribution in [3.8, 4) is 0 Å². The van der Waals surface area contributed by atoms with E-state index in [1.54, 1.807) is 0 Å². The Bertz CT molecular complexity index is 576. The molecule has 3 N–H and O–H groups in total. The maximum Gasteiger partial charge on any atom is 0.250 e. The van der Waals surface area contributed by atoms with Gasteiger partial charge in [0.1, 0.15) is 17.3 Å². The fourth-order valence-corrected chi connectivity index (χ4v) is 2.02. The first-order valence-electron chi connectivity index (χ1n) is 5.53. The Labute approximate surface area is 115 Å². The van der Waals surface area contributed by atoms with Gasteiger partial charge in [0.05, 0.1) is 18.9 Å². The zero-order chi connectivity index (χ0) is 15.2. The number of methoxy groups -OCH3 is 1. The van der Waals surface area contributed by atoms with Crippen LogP contribution < -0.4 is 10.5 Å². The highest BCUT2D eigenvalue weighted by Gasteiger charge is 2.16. The topological polar surface area (TPSA) is 108 Å². The number of ether oxygens (including phenoxy) is 2. The van der Waals surface area contributed by atoms with Gasteiger partial charge in [0.25, 0.3) is 0 Å². The zero-order valence-corrected chi connectivity index (χ0v) is 11.6. The van der Waals surface area contributed by atoms with E-state index in [9.17, 15) is 17.6 Å². The van der Waals surface area contributed by atoms with E-state index in [2.05, 4.69) is 5.32 Å². The molecule has 0 saturated carbocycles. The number of benzene rings is 1. The van der Waals surface area contributed by atoms with Crippen molar-refractivity contribution in [1.29, 1.82) is 0 Å². The van der Waals surface area contributed by atoms with Gasteiger partial charge in [0, 0.05) is 7.11 Å². The lowest BCUT2D eigenvalue weighted by Gasteiger charge is -2.10. The van der Waals surface area contributed by atoms with E-state index in [-0.39, 0.29) is 23.8 Å². The van der Waals surface area contributed by atoms with Crippen molar-refractivity contribution >= 4 is 21.6 Å². The SMILES string of the molecule is COCCOCC(=O)Nc1cc(F)ccc1S(N)(=O)=O. The minimum absolute atomic E-state index is 0.203. The summed E-state index contributed by atoms with van der Waals surface area (Å²) < 4.78 is 45.4. The van der Waals surface area contributed by atoms with E-state index >= 15 is 0 Å². The number of amides is 1. The van der Waals surface area contributed by atoms with Gasteiger partial charge < -0.3 is 14.8 Å². The number of halogens is 1. The fraction of sp³-hybridized carbons (Fsp3) is 0.364. The van der Waals surface area contributed by atoms with Gasteiger partial charge in [-0.1, -0.05) is 0 Å². The summed E-state index contributed by atoms with van der Waals surface area (Å²) in [6.07, 6.45) is 0. The number of primary sulfonamides is 1. The molecule has 7 nitrogen and oxygen atoms in total. The van der Waals surface area contributed by atoms with Crippen LogP contribution in [0.15, 0.2) is 23.1 Å². The lowest BCUT2D eigenvalue weighted by molar-refractivity contribution is -0.121. The molecular formula is C11H15FN2O5S. The van der Waals surface area contributed by atoms with Crippen LogP contribution in [0.2, 0.25) is 0 Å². The van der Waals surface area contributed by atoms with Crippen LogP contribution in [0.25, 0.3) is 0 Å². The molecule has 0 bridgehead atoms. The summed E-state index contributed by atoms with van der Waals surface area (Å²) in [6.45, 7) is 0.203. The molecule has 0 aliphatic rings. The largest absolute Gasteiger partial charge is 0.382 e. The second kappa shape index (κ2) is 7.29. The molecule has 9 heteroatoms. The Morgan fingerprint density at radius 1 is 1.40 bits per heavy atom. The van der Waals surface area contributed by atoms with Crippen molar-refractivity contribution in [1.82, 2.24) is 0 Å². The summed E-state index contributed by atoms with van der Waals surface area (Å²) in [4.78, 5) is 11.2. The smallest absolute Gasteiger partial charge is 0.250 e. The predicted molar refractivity (Wildman–Crippen MR) is 69.1 cm³/mol. The van der Waals surface area contributed by atoms with E-state index in [0.29, 0.717) is 6.61 Å². The Hall–Kier alpha value is -1.55. The molecule has 1 aromatic carbocycles. The van der Waals surface area contributed by atoms with Crippen LogP contribution in [-0.2, 0) is 24.3 Å². The van der Waals surface area contributed by atoms with Crippen molar-refractivity contribution in [2.24, 2.45) is 5.14 Å². The molecule has 20 heavy (non-hydrogen) atoms. The highest BCUT2D eigenvalue weighted by molar-refractivity contribution is 7.89. The number of nitrogens with one attached hydrogen (secondary N) is 1. The number of carbonyl (C=O) groups is 1. The molecule has 0 aliphatic carbocycles. The molecule has 0 heterocycles. The molecule has 0 unspecified atom stereocenters. The summed E-state index contributed by atoms with van der Waals surface area (Å²) in [5.74, 6) is -1.33. The second-order valence-electron chi connectivity index (χ2n) is 3.78. The first kappa shape index (κ1) is 16.5. The van der Waals surface area contributed by atoms with Gasteiger partial charge in [-0.25, -0.2) is 17.9 Å². The van der Waals surface area contributed by atoms with E-state index in [1.807, 2.05) is 0 Å². The van der Waals surface area contributed by atoms with Crippen LogP contribution in [0.5, 0.6) is 0 Å². The van der Waals surface area contributed by atoms with Crippen LogP contribution in [-0.4, -0.2) is 41.3 Å². The molecule has 0 aliphatic heterocycles. The summed E-state index contributed by atoms with van der Waals surface area (Å²) in [6, 6.07) is 2.78. The van der Waals surface area contributed by atoms with Gasteiger partial charge >= 0.3 is 0 Å². The molecule has 1 rings (SSSR count). The number of carbonyl (C=O) groups excluding carboxylic acids is 1. The molecule has 0 saturated heterocycles. The lowest BCUT2D eigenvalue weighted by atomic mass is 10.3. The van der Waals surface area contributed by atoms with Crippen LogP contribution in [0, 0.1) is 5.82 Å². The maximum absolute atomic E-state index is 13.1. The first-order chi connectivity index (χ1) is 9.34. The Balaban J connectivity index is 2.76. The van der Waals surface area contributed by atoms with Gasteiger partial charge in [0.15, 0.2) is 0 Å². The van der Waals surface area contributed by atoms with Gasteiger partial charge in [0.2, 0.25) is 15.9 Å². The molecule has 0 aromatic heterocycles. The molecule has 0 radical (unpaired) electrons. The predicted octanol–water partition coefficient (Wildman–Crippen LogP) is 0.0746. The standard InChI is InChI=1S/C11H15FN2O5S/c1-18-4-5-19-7-11(15)14-9-6-8(12)2-3-10(9)20(13,16)17/h2-3,6H,4-5,7H2,1H3,(H,14,15)(H2,13,16,17).